The third kappa shape index (κ3) is 4.17. The van der Waals surface area contributed by atoms with Gasteiger partial charge >= 0.3 is 0 Å². The van der Waals surface area contributed by atoms with Gasteiger partial charge in [0.05, 0.1) is 12.7 Å². The maximum Gasteiger partial charge on any atom is 0.138 e. The zero-order valence-corrected chi connectivity index (χ0v) is 27.3. The second kappa shape index (κ2) is 9.85. The number of allylic oxidation sites excluding steroid dienone is 2. The number of carbonyl (C=O) groups is 1. The van der Waals surface area contributed by atoms with Gasteiger partial charge in [-0.25, -0.2) is 0 Å². The molecule has 0 amide bonds. The number of Topliss-reactive ketones (excluding diaryl/α,β-unsaturated/α-hetero) is 1. The molecule has 42 heavy (non-hydrogen) atoms. The molecule has 6 unspecified atom stereocenters. The summed E-state index contributed by atoms with van der Waals surface area (Å²) < 4.78 is 6.14. The molecule has 1 aliphatic heterocycles. The molecule has 5 aliphatic carbocycles. The van der Waals surface area contributed by atoms with Crippen molar-refractivity contribution in [3.05, 3.63) is 11.6 Å². The molecular weight excluding hydrogens is 528 g/mol. The summed E-state index contributed by atoms with van der Waals surface area (Å²) in [6.45, 7) is 16.5. The maximum absolute atomic E-state index is 13.1. The molecule has 0 aromatic rings. The summed E-state index contributed by atoms with van der Waals surface area (Å²) in [6.07, 6.45) is 8.52. The van der Waals surface area contributed by atoms with E-state index >= 15 is 0 Å². The monoisotopic (exact) mass is 586 g/mol. The van der Waals surface area contributed by atoms with E-state index in [1.165, 1.54) is 0 Å². The van der Waals surface area contributed by atoms with Crippen molar-refractivity contribution in [2.45, 2.75) is 150 Å². The Hall–Kier alpha value is -0.790. The van der Waals surface area contributed by atoms with E-state index in [4.69, 9.17) is 4.74 Å². The van der Waals surface area contributed by atoms with E-state index in [2.05, 4.69) is 54.5 Å². The number of aliphatic hydroxyl groups excluding tert-OH is 4. The summed E-state index contributed by atoms with van der Waals surface area (Å²) >= 11 is 0. The molecule has 6 aliphatic rings. The molecule has 4 N–H and O–H groups in total. The van der Waals surface area contributed by atoms with Crippen LogP contribution < -0.4 is 0 Å². The molecule has 12 atom stereocenters. The first-order valence-electron chi connectivity index (χ1n) is 17.0. The normalized spacial score (nSPS) is 53.2. The minimum atomic E-state index is -1.32. The van der Waals surface area contributed by atoms with E-state index in [0.29, 0.717) is 36.4 Å². The maximum atomic E-state index is 13.1. The van der Waals surface area contributed by atoms with Crippen molar-refractivity contribution < 1.29 is 30.0 Å². The molecule has 6 nitrogen and oxygen atoms in total. The lowest BCUT2D eigenvalue weighted by molar-refractivity contribution is -0.241. The number of ketones is 1. The average Bonchev–Trinajstić information content (AvgIpc) is 2.92. The Labute approximate surface area is 253 Å². The van der Waals surface area contributed by atoms with E-state index in [0.717, 1.165) is 57.8 Å². The molecule has 238 valence electrons. The van der Waals surface area contributed by atoms with Gasteiger partial charge in [-0.15, -0.1) is 0 Å². The van der Waals surface area contributed by atoms with E-state index in [-0.39, 0.29) is 39.1 Å². The van der Waals surface area contributed by atoms with Gasteiger partial charge in [-0.3, -0.25) is 4.79 Å². The highest BCUT2D eigenvalue weighted by Gasteiger charge is 2.68. The van der Waals surface area contributed by atoms with Gasteiger partial charge in [0.2, 0.25) is 0 Å². The van der Waals surface area contributed by atoms with Crippen LogP contribution in [0.1, 0.15) is 119 Å². The van der Waals surface area contributed by atoms with Crippen LogP contribution in [0.5, 0.6) is 0 Å². The van der Waals surface area contributed by atoms with Crippen molar-refractivity contribution in [3.8, 4) is 0 Å². The van der Waals surface area contributed by atoms with Crippen molar-refractivity contribution in [2.24, 2.45) is 50.2 Å². The molecule has 0 aromatic carbocycles. The van der Waals surface area contributed by atoms with Gasteiger partial charge < -0.3 is 25.2 Å². The first-order chi connectivity index (χ1) is 19.5. The number of rotatable bonds is 3. The number of fused-ring (bicyclic) bond motifs is 7. The SMILES string of the molecule is CC1(C)CC[C@]2(C[C@@H]3OC(CO)[C@@H](O)C(O)C3O)CC[C@]3(C)C(=CCC4[C@@]5(C)CCC(=O)C(C)(C)C5CC[C@]43C)C2C1. The zero-order chi connectivity index (χ0) is 30.7. The third-order valence-electron chi connectivity index (χ3n) is 15.2. The smallest absolute Gasteiger partial charge is 0.138 e. The lowest BCUT2D eigenvalue weighted by atomic mass is 9.33. The van der Waals surface area contributed by atoms with Crippen molar-refractivity contribution in [1.29, 1.82) is 0 Å². The van der Waals surface area contributed by atoms with Crippen LogP contribution in [0, 0.1) is 50.2 Å². The minimum absolute atomic E-state index is 0.0436. The fourth-order valence-corrected chi connectivity index (χ4v) is 12.3. The Bertz CT molecular complexity index is 1130. The molecule has 0 bridgehead atoms. The van der Waals surface area contributed by atoms with Crippen LogP contribution in [0.15, 0.2) is 11.6 Å². The molecule has 0 spiro atoms. The fourth-order valence-electron chi connectivity index (χ4n) is 12.3. The fraction of sp³-hybridized carbons (Fsp3) is 0.917. The number of ether oxygens (including phenoxy) is 1. The Balaban J connectivity index is 1.37. The largest absolute Gasteiger partial charge is 0.394 e. The molecule has 0 aromatic heterocycles. The molecule has 1 heterocycles. The predicted molar refractivity (Wildman–Crippen MR) is 162 cm³/mol. The molecule has 6 rings (SSSR count). The molecule has 6 heteroatoms. The highest BCUT2D eigenvalue weighted by Crippen LogP contribution is 2.76. The lowest BCUT2D eigenvalue weighted by Crippen LogP contribution is -2.64. The van der Waals surface area contributed by atoms with Crippen LogP contribution in [0.2, 0.25) is 0 Å². The van der Waals surface area contributed by atoms with Gasteiger partial charge in [-0.1, -0.05) is 60.1 Å². The molecule has 0 radical (unpaired) electrons. The molecule has 4 saturated carbocycles. The highest BCUT2D eigenvalue weighted by molar-refractivity contribution is 5.85. The molecular formula is C36H58O6. The average molecular weight is 587 g/mol. The summed E-state index contributed by atoms with van der Waals surface area (Å²) in [5.41, 5.74) is 1.95. The van der Waals surface area contributed by atoms with Gasteiger partial charge in [-0.05, 0) is 109 Å². The van der Waals surface area contributed by atoms with Gasteiger partial charge in [0, 0.05) is 11.8 Å². The Kier molecular flexibility index (Phi) is 7.32. The number of aliphatic hydroxyl groups is 4. The topological polar surface area (TPSA) is 107 Å². The number of hydrogen-bond acceptors (Lipinski definition) is 6. The van der Waals surface area contributed by atoms with Gasteiger partial charge in [-0.2, -0.15) is 0 Å². The van der Waals surface area contributed by atoms with Crippen molar-refractivity contribution >= 4 is 5.78 Å². The van der Waals surface area contributed by atoms with Gasteiger partial charge in [0.1, 0.15) is 30.2 Å². The summed E-state index contributed by atoms with van der Waals surface area (Å²) in [6, 6.07) is 0. The molecule has 1 saturated heterocycles. The number of carbonyl (C=O) groups excluding carboxylic acids is 1. The summed E-state index contributed by atoms with van der Waals surface area (Å²) in [5, 5.41) is 42.0. The van der Waals surface area contributed by atoms with Crippen LogP contribution in [0.25, 0.3) is 0 Å². The minimum Gasteiger partial charge on any atom is -0.394 e. The summed E-state index contributed by atoms with van der Waals surface area (Å²) in [7, 11) is 0. The Morgan fingerprint density at radius 3 is 2.19 bits per heavy atom. The quantitative estimate of drug-likeness (QED) is 0.321. The molecule has 5 fully saturated rings. The summed E-state index contributed by atoms with van der Waals surface area (Å²) in [4.78, 5) is 13.1. The van der Waals surface area contributed by atoms with E-state index < -0.39 is 30.5 Å². The van der Waals surface area contributed by atoms with Crippen LogP contribution in [0.4, 0.5) is 0 Å². The van der Waals surface area contributed by atoms with E-state index in [1.807, 2.05) is 0 Å². The Morgan fingerprint density at radius 1 is 0.833 bits per heavy atom. The standard InChI is InChI=1S/C36H58O6/c1-31(2)14-16-36(19-23-28(39)30(41)29(40)24(20-37)42-23)17-15-34(6)21(22(36)18-31)8-9-26-33(5)12-11-27(38)32(3,4)25(33)10-13-35(26,34)7/h8,22-26,28-30,37,39-41H,9-20H2,1-7H3/t22?,23-,24?,25?,26?,28?,29+,30?,33-,34+,35+,36+/m0/s1. The third-order valence-corrected chi connectivity index (χ3v) is 15.2. The summed E-state index contributed by atoms with van der Waals surface area (Å²) in [5.74, 6) is 1.82. The van der Waals surface area contributed by atoms with Gasteiger partial charge in [0.15, 0.2) is 0 Å². The zero-order valence-electron chi connectivity index (χ0n) is 27.3. The second-order valence-corrected chi connectivity index (χ2v) is 17.8. The van der Waals surface area contributed by atoms with Crippen molar-refractivity contribution in [1.82, 2.24) is 0 Å². The van der Waals surface area contributed by atoms with Crippen molar-refractivity contribution in [3.63, 3.8) is 0 Å². The lowest BCUT2D eigenvalue weighted by Gasteiger charge is -2.71. The predicted octanol–water partition coefficient (Wildman–Crippen LogP) is 5.59. The van der Waals surface area contributed by atoms with Crippen LogP contribution in [-0.2, 0) is 9.53 Å². The second-order valence-electron chi connectivity index (χ2n) is 17.8. The van der Waals surface area contributed by atoms with E-state index in [1.54, 1.807) is 5.57 Å². The first-order valence-corrected chi connectivity index (χ1v) is 17.0. The Morgan fingerprint density at radius 2 is 1.50 bits per heavy atom. The van der Waals surface area contributed by atoms with Crippen molar-refractivity contribution in [2.75, 3.05) is 6.61 Å². The first kappa shape index (κ1) is 31.2. The van der Waals surface area contributed by atoms with Crippen LogP contribution >= 0.6 is 0 Å². The van der Waals surface area contributed by atoms with E-state index in [9.17, 15) is 25.2 Å². The van der Waals surface area contributed by atoms with Gasteiger partial charge in [0.25, 0.3) is 0 Å². The van der Waals surface area contributed by atoms with Crippen LogP contribution in [-0.4, -0.2) is 63.3 Å². The van der Waals surface area contributed by atoms with Crippen LogP contribution in [0.3, 0.4) is 0 Å². The number of hydrogen-bond donors (Lipinski definition) is 4. The highest BCUT2D eigenvalue weighted by atomic mass is 16.5.